The largest absolute Gasteiger partial charge is 0.496 e. The quantitative estimate of drug-likeness (QED) is 0.387. The van der Waals surface area contributed by atoms with Gasteiger partial charge < -0.3 is 18.9 Å². The SMILES string of the molecule is COc1cccc(OC)c1-c1cccc(-c2cccc(-c3c(OC)cccc3OC)n2)n1. The summed E-state index contributed by atoms with van der Waals surface area (Å²) >= 11 is 0. The van der Waals surface area contributed by atoms with E-state index in [0.29, 0.717) is 23.0 Å². The minimum Gasteiger partial charge on any atom is -0.496 e. The number of aromatic nitrogens is 2. The van der Waals surface area contributed by atoms with Crippen LogP contribution >= 0.6 is 0 Å². The fourth-order valence-corrected chi connectivity index (χ4v) is 3.64. The Morgan fingerprint density at radius 1 is 0.406 bits per heavy atom. The second-order valence-electron chi connectivity index (χ2n) is 6.89. The number of pyridine rings is 2. The first-order valence-electron chi connectivity index (χ1n) is 10.1. The molecule has 2 aromatic heterocycles. The molecular formula is C26H24N2O4. The molecule has 0 saturated heterocycles. The van der Waals surface area contributed by atoms with Crippen LogP contribution in [0.4, 0.5) is 0 Å². The Labute approximate surface area is 187 Å². The molecule has 0 atom stereocenters. The Balaban J connectivity index is 1.82. The van der Waals surface area contributed by atoms with Crippen molar-refractivity contribution in [2.45, 2.75) is 0 Å². The van der Waals surface area contributed by atoms with Crippen LogP contribution < -0.4 is 18.9 Å². The van der Waals surface area contributed by atoms with Crippen molar-refractivity contribution in [3.63, 3.8) is 0 Å². The summed E-state index contributed by atoms with van der Waals surface area (Å²) in [5.74, 6) is 2.76. The number of nitrogens with zero attached hydrogens (tertiary/aromatic N) is 2. The number of methoxy groups -OCH3 is 4. The van der Waals surface area contributed by atoms with Gasteiger partial charge in [-0.25, -0.2) is 9.97 Å². The molecule has 0 spiro atoms. The summed E-state index contributed by atoms with van der Waals surface area (Å²) in [4.78, 5) is 9.73. The lowest BCUT2D eigenvalue weighted by Crippen LogP contribution is -1.97. The molecule has 6 heteroatoms. The maximum Gasteiger partial charge on any atom is 0.132 e. The first-order chi connectivity index (χ1) is 15.7. The van der Waals surface area contributed by atoms with Gasteiger partial charge in [-0.2, -0.15) is 0 Å². The molecule has 6 nitrogen and oxygen atoms in total. The molecule has 0 aliphatic carbocycles. The molecule has 2 heterocycles. The fraction of sp³-hybridized carbons (Fsp3) is 0.154. The first kappa shape index (κ1) is 21.2. The van der Waals surface area contributed by atoms with Crippen molar-refractivity contribution in [1.29, 1.82) is 0 Å². The summed E-state index contributed by atoms with van der Waals surface area (Å²) < 4.78 is 22.2. The zero-order valence-corrected chi connectivity index (χ0v) is 18.5. The van der Waals surface area contributed by atoms with E-state index in [1.54, 1.807) is 28.4 Å². The van der Waals surface area contributed by atoms with E-state index in [0.717, 1.165) is 33.9 Å². The van der Waals surface area contributed by atoms with Crippen LogP contribution in [0.3, 0.4) is 0 Å². The minimum absolute atomic E-state index is 0.689. The molecular weight excluding hydrogens is 404 g/mol. The van der Waals surface area contributed by atoms with E-state index in [4.69, 9.17) is 28.9 Å². The molecule has 0 N–H and O–H groups in total. The van der Waals surface area contributed by atoms with E-state index in [2.05, 4.69) is 0 Å². The van der Waals surface area contributed by atoms with E-state index in [1.807, 2.05) is 72.8 Å². The van der Waals surface area contributed by atoms with Gasteiger partial charge in [-0.3, -0.25) is 0 Å². The molecule has 0 amide bonds. The van der Waals surface area contributed by atoms with Crippen molar-refractivity contribution in [1.82, 2.24) is 9.97 Å². The Hall–Kier alpha value is -4.06. The van der Waals surface area contributed by atoms with Gasteiger partial charge in [-0.1, -0.05) is 24.3 Å². The van der Waals surface area contributed by atoms with E-state index >= 15 is 0 Å². The van der Waals surface area contributed by atoms with Gasteiger partial charge in [0.05, 0.1) is 62.3 Å². The highest BCUT2D eigenvalue weighted by Crippen LogP contribution is 2.39. The van der Waals surface area contributed by atoms with Gasteiger partial charge in [0, 0.05) is 0 Å². The molecule has 4 aromatic rings. The molecule has 0 saturated carbocycles. The van der Waals surface area contributed by atoms with Gasteiger partial charge in [-0.05, 0) is 48.5 Å². The first-order valence-corrected chi connectivity index (χ1v) is 10.1. The summed E-state index contributed by atoms with van der Waals surface area (Å²) in [6.45, 7) is 0. The van der Waals surface area contributed by atoms with Crippen LogP contribution in [0.5, 0.6) is 23.0 Å². The van der Waals surface area contributed by atoms with Crippen molar-refractivity contribution >= 4 is 0 Å². The maximum absolute atomic E-state index is 5.55. The third-order valence-corrected chi connectivity index (χ3v) is 5.13. The van der Waals surface area contributed by atoms with Gasteiger partial charge in [0.25, 0.3) is 0 Å². The number of rotatable bonds is 7. The van der Waals surface area contributed by atoms with Gasteiger partial charge in [0.2, 0.25) is 0 Å². The number of ether oxygens (including phenoxy) is 4. The summed E-state index contributed by atoms with van der Waals surface area (Å²) in [6, 6.07) is 22.9. The van der Waals surface area contributed by atoms with Crippen LogP contribution in [0.1, 0.15) is 0 Å². The summed E-state index contributed by atoms with van der Waals surface area (Å²) in [5, 5.41) is 0. The number of benzene rings is 2. The van der Waals surface area contributed by atoms with Crippen molar-refractivity contribution in [2.75, 3.05) is 28.4 Å². The highest BCUT2D eigenvalue weighted by Gasteiger charge is 2.17. The summed E-state index contributed by atoms with van der Waals surface area (Å²) in [7, 11) is 6.53. The zero-order chi connectivity index (χ0) is 22.5. The van der Waals surface area contributed by atoms with Crippen LogP contribution in [0.2, 0.25) is 0 Å². The average Bonchev–Trinajstić information content (AvgIpc) is 2.87. The average molecular weight is 428 g/mol. The van der Waals surface area contributed by atoms with E-state index in [1.165, 1.54) is 0 Å². The standard InChI is InChI=1S/C26H24N2O4/c1-29-21-13-7-14-22(30-2)25(21)19-11-5-9-17(27-19)18-10-6-12-20(28-18)26-23(31-3)15-8-16-24(26)32-4/h5-16H,1-4H3. The lowest BCUT2D eigenvalue weighted by Gasteiger charge is -2.14. The molecule has 4 rings (SSSR count). The second kappa shape index (κ2) is 9.39. The number of hydrogen-bond donors (Lipinski definition) is 0. The van der Waals surface area contributed by atoms with Crippen molar-refractivity contribution in [3.8, 4) is 56.9 Å². The topological polar surface area (TPSA) is 62.7 Å². The van der Waals surface area contributed by atoms with Crippen LogP contribution in [-0.4, -0.2) is 38.4 Å². The van der Waals surface area contributed by atoms with Crippen LogP contribution in [0.25, 0.3) is 33.9 Å². The van der Waals surface area contributed by atoms with Crippen molar-refractivity contribution in [2.24, 2.45) is 0 Å². The molecule has 0 bridgehead atoms. The molecule has 32 heavy (non-hydrogen) atoms. The molecule has 0 fully saturated rings. The van der Waals surface area contributed by atoms with Crippen molar-refractivity contribution in [3.05, 3.63) is 72.8 Å². The minimum atomic E-state index is 0.689. The second-order valence-corrected chi connectivity index (χ2v) is 6.89. The Bertz CT molecular complexity index is 1100. The molecule has 0 radical (unpaired) electrons. The van der Waals surface area contributed by atoms with Crippen LogP contribution in [0.15, 0.2) is 72.8 Å². The highest BCUT2D eigenvalue weighted by molar-refractivity contribution is 5.78. The maximum atomic E-state index is 5.55. The smallest absolute Gasteiger partial charge is 0.132 e. The lowest BCUT2D eigenvalue weighted by molar-refractivity contribution is 0.397. The Morgan fingerprint density at radius 2 is 0.688 bits per heavy atom. The molecule has 0 aliphatic heterocycles. The normalized spacial score (nSPS) is 10.5. The summed E-state index contributed by atoms with van der Waals surface area (Å²) in [6.07, 6.45) is 0. The summed E-state index contributed by atoms with van der Waals surface area (Å²) in [5.41, 5.74) is 4.51. The predicted octanol–water partition coefficient (Wildman–Crippen LogP) is 5.51. The van der Waals surface area contributed by atoms with E-state index in [-0.39, 0.29) is 0 Å². The Morgan fingerprint density at radius 3 is 1.00 bits per heavy atom. The van der Waals surface area contributed by atoms with Gasteiger partial charge in [-0.15, -0.1) is 0 Å². The third kappa shape index (κ3) is 3.95. The molecule has 0 unspecified atom stereocenters. The van der Waals surface area contributed by atoms with Crippen molar-refractivity contribution < 1.29 is 18.9 Å². The number of hydrogen-bond acceptors (Lipinski definition) is 6. The predicted molar refractivity (Wildman–Crippen MR) is 125 cm³/mol. The van der Waals surface area contributed by atoms with Gasteiger partial charge in [0.15, 0.2) is 0 Å². The monoisotopic (exact) mass is 428 g/mol. The van der Waals surface area contributed by atoms with Crippen LogP contribution in [0, 0.1) is 0 Å². The molecule has 2 aromatic carbocycles. The van der Waals surface area contributed by atoms with E-state index < -0.39 is 0 Å². The molecule has 0 aliphatic rings. The van der Waals surface area contributed by atoms with Gasteiger partial charge >= 0.3 is 0 Å². The van der Waals surface area contributed by atoms with Crippen LogP contribution in [-0.2, 0) is 0 Å². The molecule has 162 valence electrons. The Kier molecular flexibility index (Phi) is 6.22. The fourth-order valence-electron chi connectivity index (χ4n) is 3.64. The lowest BCUT2D eigenvalue weighted by atomic mass is 10.1. The zero-order valence-electron chi connectivity index (χ0n) is 18.5. The highest BCUT2D eigenvalue weighted by atomic mass is 16.5. The van der Waals surface area contributed by atoms with Gasteiger partial charge in [0.1, 0.15) is 23.0 Å². The third-order valence-electron chi connectivity index (χ3n) is 5.13. The van der Waals surface area contributed by atoms with E-state index in [9.17, 15) is 0 Å².